The van der Waals surface area contributed by atoms with E-state index in [2.05, 4.69) is 10.3 Å². The number of ketones is 1. The standard InChI is InChI=1S/C14H18F2N2O2/c1-14(15,16)7-5-12(19)4-3-8-17-11-6-9-18-13(10-11)20-2/h5-7,9-10H,3-4,8H2,1-2H3,(H,17,18)/b7-5+. The third-order valence-corrected chi connectivity index (χ3v) is 2.43. The van der Waals surface area contributed by atoms with Gasteiger partial charge < -0.3 is 10.1 Å². The van der Waals surface area contributed by atoms with Crippen LogP contribution in [-0.4, -0.2) is 30.3 Å². The maximum absolute atomic E-state index is 12.5. The molecular formula is C14H18F2N2O2. The minimum Gasteiger partial charge on any atom is -0.481 e. The second-order valence-corrected chi connectivity index (χ2v) is 4.37. The van der Waals surface area contributed by atoms with E-state index in [-0.39, 0.29) is 12.2 Å². The summed E-state index contributed by atoms with van der Waals surface area (Å²) in [5.74, 6) is -2.75. The van der Waals surface area contributed by atoms with E-state index in [9.17, 15) is 13.6 Å². The number of anilines is 1. The first kappa shape index (κ1) is 16.1. The molecule has 6 heteroatoms. The molecule has 1 rings (SSSR count). The Kier molecular flexibility index (Phi) is 6.09. The molecule has 1 aromatic heterocycles. The van der Waals surface area contributed by atoms with E-state index < -0.39 is 5.92 Å². The molecule has 0 bridgehead atoms. The van der Waals surface area contributed by atoms with Gasteiger partial charge in [0.05, 0.1) is 7.11 Å². The van der Waals surface area contributed by atoms with Gasteiger partial charge in [-0.1, -0.05) is 0 Å². The van der Waals surface area contributed by atoms with E-state index in [0.717, 1.165) is 18.7 Å². The van der Waals surface area contributed by atoms with E-state index in [1.54, 1.807) is 18.3 Å². The van der Waals surface area contributed by atoms with Crippen molar-refractivity contribution >= 4 is 11.5 Å². The van der Waals surface area contributed by atoms with Crippen LogP contribution in [0.1, 0.15) is 19.8 Å². The summed E-state index contributed by atoms with van der Waals surface area (Å²) in [5.41, 5.74) is 0.833. The van der Waals surface area contributed by atoms with Crippen LogP contribution in [0.4, 0.5) is 14.5 Å². The second kappa shape index (κ2) is 7.57. The number of ether oxygens (including phenoxy) is 1. The van der Waals surface area contributed by atoms with Crippen LogP contribution in [0.2, 0.25) is 0 Å². The summed E-state index contributed by atoms with van der Waals surface area (Å²) in [6.07, 6.45) is 3.95. The van der Waals surface area contributed by atoms with E-state index in [1.807, 2.05) is 0 Å². The maximum atomic E-state index is 12.5. The summed E-state index contributed by atoms with van der Waals surface area (Å²) in [7, 11) is 1.53. The van der Waals surface area contributed by atoms with Gasteiger partial charge in [0, 0.05) is 37.8 Å². The van der Waals surface area contributed by atoms with Crippen molar-refractivity contribution in [2.24, 2.45) is 0 Å². The largest absolute Gasteiger partial charge is 0.481 e. The molecule has 4 nitrogen and oxygen atoms in total. The molecule has 1 N–H and O–H groups in total. The first-order valence-electron chi connectivity index (χ1n) is 6.24. The van der Waals surface area contributed by atoms with E-state index >= 15 is 0 Å². The molecule has 0 amide bonds. The third-order valence-electron chi connectivity index (χ3n) is 2.43. The van der Waals surface area contributed by atoms with Crippen LogP contribution in [0.3, 0.4) is 0 Å². The Labute approximate surface area is 116 Å². The topological polar surface area (TPSA) is 51.2 Å². The van der Waals surface area contributed by atoms with E-state index in [4.69, 9.17) is 4.74 Å². The predicted molar refractivity (Wildman–Crippen MR) is 73.3 cm³/mol. The Morgan fingerprint density at radius 3 is 2.95 bits per heavy atom. The number of aromatic nitrogens is 1. The zero-order valence-corrected chi connectivity index (χ0v) is 11.5. The second-order valence-electron chi connectivity index (χ2n) is 4.37. The molecule has 20 heavy (non-hydrogen) atoms. The van der Waals surface area contributed by atoms with Gasteiger partial charge in [-0.15, -0.1) is 0 Å². The normalized spacial score (nSPS) is 11.6. The first-order chi connectivity index (χ1) is 9.40. The summed E-state index contributed by atoms with van der Waals surface area (Å²) in [6, 6.07) is 3.52. The van der Waals surface area contributed by atoms with Gasteiger partial charge in [-0.2, -0.15) is 0 Å². The number of hydrogen-bond acceptors (Lipinski definition) is 4. The lowest BCUT2D eigenvalue weighted by Gasteiger charge is -2.06. The predicted octanol–water partition coefficient (Wildman–Crippen LogP) is 3.06. The molecule has 0 aliphatic carbocycles. The molecule has 0 saturated heterocycles. The Morgan fingerprint density at radius 1 is 1.55 bits per heavy atom. The van der Waals surface area contributed by atoms with Gasteiger partial charge >= 0.3 is 0 Å². The van der Waals surface area contributed by atoms with Gasteiger partial charge in [0.2, 0.25) is 5.88 Å². The number of nitrogens with zero attached hydrogens (tertiary/aromatic N) is 1. The summed E-state index contributed by atoms with van der Waals surface area (Å²) in [4.78, 5) is 15.3. The molecule has 0 spiro atoms. The van der Waals surface area contributed by atoms with Crippen molar-refractivity contribution in [3.8, 4) is 5.88 Å². The fraction of sp³-hybridized carbons (Fsp3) is 0.429. The van der Waals surface area contributed by atoms with Crippen LogP contribution in [0.15, 0.2) is 30.5 Å². The molecule has 0 unspecified atom stereocenters. The average molecular weight is 284 g/mol. The van der Waals surface area contributed by atoms with Gasteiger partial charge in [0.15, 0.2) is 5.78 Å². The van der Waals surface area contributed by atoms with Gasteiger partial charge in [0.1, 0.15) is 0 Å². The maximum Gasteiger partial charge on any atom is 0.264 e. The highest BCUT2D eigenvalue weighted by molar-refractivity contribution is 5.89. The minimum absolute atomic E-state index is 0.224. The zero-order valence-electron chi connectivity index (χ0n) is 11.5. The number of pyridine rings is 1. The number of carbonyl (C=O) groups is 1. The van der Waals surface area contributed by atoms with Crippen molar-refractivity contribution in [2.45, 2.75) is 25.7 Å². The lowest BCUT2D eigenvalue weighted by Crippen LogP contribution is -2.07. The Hall–Kier alpha value is -1.98. The number of carbonyl (C=O) groups excluding carboxylic acids is 1. The molecule has 110 valence electrons. The van der Waals surface area contributed by atoms with Crippen LogP contribution < -0.4 is 10.1 Å². The highest BCUT2D eigenvalue weighted by atomic mass is 19.3. The summed E-state index contributed by atoms with van der Waals surface area (Å²) < 4.78 is 30.0. The molecule has 0 aromatic carbocycles. The molecule has 0 aliphatic rings. The minimum atomic E-state index is -2.94. The van der Waals surface area contributed by atoms with Crippen LogP contribution in [0, 0.1) is 0 Å². The van der Waals surface area contributed by atoms with E-state index in [0.29, 0.717) is 24.9 Å². The Bertz CT molecular complexity index is 470. The highest BCUT2D eigenvalue weighted by Gasteiger charge is 2.15. The number of allylic oxidation sites excluding steroid dienone is 2. The van der Waals surface area contributed by atoms with E-state index in [1.165, 1.54) is 7.11 Å². The van der Waals surface area contributed by atoms with Gasteiger partial charge in [-0.05, 0) is 24.6 Å². The monoisotopic (exact) mass is 284 g/mol. The lowest BCUT2D eigenvalue weighted by molar-refractivity contribution is -0.114. The van der Waals surface area contributed by atoms with Crippen molar-refractivity contribution in [3.05, 3.63) is 30.5 Å². The number of nitrogens with one attached hydrogen (secondary N) is 1. The molecule has 0 atom stereocenters. The Morgan fingerprint density at radius 2 is 2.30 bits per heavy atom. The number of rotatable bonds is 8. The molecule has 0 radical (unpaired) electrons. The summed E-state index contributed by atoms with van der Waals surface area (Å²) in [6.45, 7) is 1.31. The number of methoxy groups -OCH3 is 1. The van der Waals surface area contributed by atoms with Crippen molar-refractivity contribution in [1.82, 2.24) is 4.98 Å². The smallest absolute Gasteiger partial charge is 0.264 e. The molecule has 0 saturated carbocycles. The molecule has 1 heterocycles. The zero-order chi connectivity index (χ0) is 15.0. The third kappa shape index (κ3) is 6.82. The van der Waals surface area contributed by atoms with Crippen molar-refractivity contribution in [2.75, 3.05) is 19.0 Å². The molecule has 0 aliphatic heterocycles. The van der Waals surface area contributed by atoms with Crippen molar-refractivity contribution in [1.29, 1.82) is 0 Å². The van der Waals surface area contributed by atoms with Crippen LogP contribution >= 0.6 is 0 Å². The van der Waals surface area contributed by atoms with Gasteiger partial charge in [-0.25, -0.2) is 13.8 Å². The SMILES string of the molecule is COc1cc(NCCCC(=O)/C=C/C(C)(F)F)ccn1. The first-order valence-corrected chi connectivity index (χ1v) is 6.24. The lowest BCUT2D eigenvalue weighted by atomic mass is 10.2. The fourth-order valence-corrected chi connectivity index (χ4v) is 1.45. The van der Waals surface area contributed by atoms with Crippen LogP contribution in [0.25, 0.3) is 0 Å². The van der Waals surface area contributed by atoms with Gasteiger partial charge in [-0.3, -0.25) is 4.79 Å². The molecule has 1 aromatic rings. The van der Waals surface area contributed by atoms with Gasteiger partial charge in [0.25, 0.3) is 5.92 Å². The fourth-order valence-electron chi connectivity index (χ4n) is 1.45. The molecule has 0 fully saturated rings. The highest BCUT2D eigenvalue weighted by Crippen LogP contribution is 2.14. The quantitative estimate of drug-likeness (QED) is 0.589. The van der Waals surface area contributed by atoms with Crippen LogP contribution in [0.5, 0.6) is 5.88 Å². The average Bonchev–Trinajstić information content (AvgIpc) is 2.41. The molecular weight excluding hydrogens is 266 g/mol. The van der Waals surface area contributed by atoms with Crippen molar-refractivity contribution < 1.29 is 18.3 Å². The number of alkyl halides is 2. The summed E-state index contributed by atoms with van der Waals surface area (Å²) >= 11 is 0. The number of halogens is 2. The van der Waals surface area contributed by atoms with Crippen molar-refractivity contribution in [3.63, 3.8) is 0 Å². The summed E-state index contributed by atoms with van der Waals surface area (Å²) in [5, 5.41) is 3.10. The number of hydrogen-bond donors (Lipinski definition) is 1. The van der Waals surface area contributed by atoms with Crippen LogP contribution in [-0.2, 0) is 4.79 Å². The Balaban J connectivity index is 2.28.